The van der Waals surface area contributed by atoms with E-state index in [1.807, 2.05) is 38.1 Å². The van der Waals surface area contributed by atoms with Gasteiger partial charge in [-0.2, -0.15) is 0 Å². The maximum Gasteiger partial charge on any atom is 0.255 e. The van der Waals surface area contributed by atoms with Gasteiger partial charge in [0.2, 0.25) is 5.91 Å². The van der Waals surface area contributed by atoms with Crippen LogP contribution in [0.4, 0.5) is 0 Å². The molecule has 1 fully saturated rings. The molecule has 0 bridgehead atoms. The number of hydrogen-bond donors (Lipinski definition) is 1. The molecule has 0 spiro atoms. The fourth-order valence-electron chi connectivity index (χ4n) is 2.58. The van der Waals surface area contributed by atoms with Crippen LogP contribution in [0.2, 0.25) is 0 Å². The molecule has 1 aliphatic heterocycles. The molecule has 1 heterocycles. The molecule has 0 aromatic heterocycles. The number of benzene rings is 1. The number of carbonyl (C=O) groups excluding carboxylic acids is 2. The number of rotatable bonds is 4. The molecule has 1 aliphatic rings. The highest BCUT2D eigenvalue weighted by Crippen LogP contribution is 2.26. The van der Waals surface area contributed by atoms with Gasteiger partial charge in [0, 0.05) is 17.4 Å². The Morgan fingerprint density at radius 2 is 1.92 bits per heavy atom. The summed E-state index contributed by atoms with van der Waals surface area (Å²) in [5.74, 6) is 1.12. The Bertz CT molecular complexity index is 592. The lowest BCUT2D eigenvalue weighted by Crippen LogP contribution is -2.49. The number of amides is 2. The van der Waals surface area contributed by atoms with Gasteiger partial charge in [0.25, 0.3) is 5.91 Å². The molecule has 0 unspecified atom stereocenters. The fourth-order valence-corrected chi connectivity index (χ4v) is 3.73. The monoisotopic (exact) mass is 348 g/mol. The molecular weight excluding hydrogens is 320 g/mol. The van der Waals surface area contributed by atoms with Crippen LogP contribution >= 0.6 is 11.8 Å². The topological polar surface area (TPSA) is 49.4 Å². The zero-order valence-electron chi connectivity index (χ0n) is 15.3. The zero-order valence-corrected chi connectivity index (χ0v) is 16.1. The minimum atomic E-state index is -0.376. The lowest BCUT2D eigenvalue weighted by Gasteiger charge is -2.25. The van der Waals surface area contributed by atoms with Crippen molar-refractivity contribution in [3.8, 4) is 0 Å². The van der Waals surface area contributed by atoms with Crippen LogP contribution in [0.15, 0.2) is 24.3 Å². The van der Waals surface area contributed by atoms with Crippen molar-refractivity contribution in [3.63, 3.8) is 0 Å². The van der Waals surface area contributed by atoms with Crippen molar-refractivity contribution in [1.29, 1.82) is 0 Å². The molecule has 0 radical (unpaired) electrons. The summed E-state index contributed by atoms with van der Waals surface area (Å²) in [4.78, 5) is 26.9. The second kappa shape index (κ2) is 7.60. The minimum absolute atomic E-state index is 0.0472. The van der Waals surface area contributed by atoms with Gasteiger partial charge >= 0.3 is 0 Å². The van der Waals surface area contributed by atoms with Gasteiger partial charge in [0.1, 0.15) is 6.04 Å². The summed E-state index contributed by atoms with van der Waals surface area (Å²) >= 11 is 1.63. The molecule has 2 amide bonds. The lowest BCUT2D eigenvalue weighted by molar-refractivity contribution is -0.125. The van der Waals surface area contributed by atoms with E-state index in [1.54, 1.807) is 16.7 Å². The van der Waals surface area contributed by atoms with E-state index in [-0.39, 0.29) is 29.3 Å². The van der Waals surface area contributed by atoms with Crippen LogP contribution in [0.1, 0.15) is 57.0 Å². The highest BCUT2D eigenvalue weighted by Gasteiger charge is 2.35. The molecule has 1 aromatic carbocycles. The lowest BCUT2D eigenvalue weighted by atomic mass is 9.86. The molecule has 4 nitrogen and oxygen atoms in total. The van der Waals surface area contributed by atoms with Gasteiger partial charge in [-0.05, 0) is 36.5 Å². The Morgan fingerprint density at radius 3 is 2.46 bits per heavy atom. The van der Waals surface area contributed by atoms with Crippen LogP contribution in [0.3, 0.4) is 0 Å². The number of nitrogens with one attached hydrogen (secondary N) is 1. The molecule has 24 heavy (non-hydrogen) atoms. The first kappa shape index (κ1) is 18.8. The maximum atomic E-state index is 12.8. The van der Waals surface area contributed by atoms with Crippen LogP contribution in [-0.2, 0) is 10.2 Å². The first-order chi connectivity index (χ1) is 11.2. The van der Waals surface area contributed by atoms with E-state index in [0.717, 1.165) is 6.42 Å². The normalized spacial score (nSPS) is 19.2. The van der Waals surface area contributed by atoms with E-state index in [2.05, 4.69) is 26.1 Å². The summed E-state index contributed by atoms with van der Waals surface area (Å²) in [7, 11) is 0. The molecule has 0 saturated carbocycles. The summed E-state index contributed by atoms with van der Waals surface area (Å²) in [5, 5.41) is 2.99. The van der Waals surface area contributed by atoms with Crippen molar-refractivity contribution in [1.82, 2.24) is 10.2 Å². The van der Waals surface area contributed by atoms with Gasteiger partial charge in [-0.1, -0.05) is 39.8 Å². The van der Waals surface area contributed by atoms with Gasteiger partial charge in [0.15, 0.2) is 0 Å². The van der Waals surface area contributed by atoms with Crippen molar-refractivity contribution < 1.29 is 9.59 Å². The van der Waals surface area contributed by atoms with E-state index in [1.165, 1.54) is 5.56 Å². The van der Waals surface area contributed by atoms with Gasteiger partial charge < -0.3 is 10.2 Å². The summed E-state index contributed by atoms with van der Waals surface area (Å²) in [6, 6.07) is 7.50. The van der Waals surface area contributed by atoms with Crippen molar-refractivity contribution in [2.24, 2.45) is 0 Å². The average molecular weight is 349 g/mol. The summed E-state index contributed by atoms with van der Waals surface area (Å²) in [5.41, 5.74) is 1.90. The number of thioether (sulfide) groups is 1. The third-order valence-corrected chi connectivity index (χ3v) is 5.46. The van der Waals surface area contributed by atoms with Crippen molar-refractivity contribution in [2.75, 3.05) is 11.6 Å². The van der Waals surface area contributed by atoms with Crippen LogP contribution < -0.4 is 5.32 Å². The maximum absolute atomic E-state index is 12.8. The predicted molar refractivity (Wildman–Crippen MR) is 100 cm³/mol. The first-order valence-electron chi connectivity index (χ1n) is 8.53. The van der Waals surface area contributed by atoms with Gasteiger partial charge in [-0.25, -0.2) is 0 Å². The summed E-state index contributed by atoms with van der Waals surface area (Å²) in [6.07, 6.45) is 0.883. The van der Waals surface area contributed by atoms with Crippen molar-refractivity contribution in [2.45, 2.75) is 58.5 Å². The van der Waals surface area contributed by atoms with E-state index < -0.39 is 0 Å². The Morgan fingerprint density at radius 1 is 1.29 bits per heavy atom. The Labute approximate surface area is 149 Å². The standard InChI is InChI=1S/C19H28N2O2S/c1-6-13(2)20-17(22)16-11-24-12-21(16)18(23)14-7-9-15(10-8-14)19(3,4)5/h7-10,13,16H,6,11-12H2,1-5H3,(H,20,22)/t13-,16-/m1/s1. The quantitative estimate of drug-likeness (QED) is 0.907. The molecule has 0 aliphatic carbocycles. The van der Waals surface area contributed by atoms with Crippen LogP contribution in [0, 0.1) is 0 Å². The van der Waals surface area contributed by atoms with Crippen LogP contribution in [0.5, 0.6) is 0 Å². The summed E-state index contributed by atoms with van der Waals surface area (Å²) in [6.45, 7) is 10.5. The van der Waals surface area contributed by atoms with E-state index in [9.17, 15) is 9.59 Å². The molecule has 1 saturated heterocycles. The van der Waals surface area contributed by atoms with Gasteiger partial charge in [-0.3, -0.25) is 9.59 Å². The molecule has 1 N–H and O–H groups in total. The SMILES string of the molecule is CC[C@@H](C)NC(=O)[C@H]1CSCN1C(=O)c1ccc(C(C)(C)C)cc1. The number of hydrogen-bond acceptors (Lipinski definition) is 3. The van der Waals surface area contributed by atoms with Crippen molar-refractivity contribution >= 4 is 23.6 Å². The van der Waals surface area contributed by atoms with E-state index >= 15 is 0 Å². The van der Waals surface area contributed by atoms with E-state index in [0.29, 0.717) is 17.2 Å². The molecule has 132 valence electrons. The van der Waals surface area contributed by atoms with E-state index in [4.69, 9.17) is 0 Å². The Hall–Kier alpha value is -1.49. The molecule has 2 rings (SSSR count). The fraction of sp³-hybridized carbons (Fsp3) is 0.579. The highest BCUT2D eigenvalue weighted by molar-refractivity contribution is 7.99. The number of carbonyl (C=O) groups is 2. The second-order valence-corrected chi connectivity index (χ2v) is 8.44. The predicted octanol–water partition coefficient (Wildman–Crippen LogP) is 3.41. The third-order valence-electron chi connectivity index (χ3n) is 4.44. The highest BCUT2D eigenvalue weighted by atomic mass is 32.2. The van der Waals surface area contributed by atoms with Gasteiger partial charge in [-0.15, -0.1) is 11.8 Å². The molecule has 2 atom stereocenters. The Kier molecular flexibility index (Phi) is 5.97. The second-order valence-electron chi connectivity index (χ2n) is 7.44. The minimum Gasteiger partial charge on any atom is -0.352 e. The largest absolute Gasteiger partial charge is 0.352 e. The van der Waals surface area contributed by atoms with Crippen LogP contribution in [-0.4, -0.2) is 40.4 Å². The number of nitrogens with zero attached hydrogens (tertiary/aromatic N) is 1. The zero-order chi connectivity index (χ0) is 17.9. The van der Waals surface area contributed by atoms with Crippen LogP contribution in [0.25, 0.3) is 0 Å². The first-order valence-corrected chi connectivity index (χ1v) is 9.69. The average Bonchev–Trinajstić information content (AvgIpc) is 3.03. The molecular formula is C19H28N2O2S. The smallest absolute Gasteiger partial charge is 0.255 e. The van der Waals surface area contributed by atoms with Gasteiger partial charge in [0.05, 0.1) is 5.88 Å². The van der Waals surface area contributed by atoms with Crippen molar-refractivity contribution in [3.05, 3.63) is 35.4 Å². The molecule has 5 heteroatoms. The Balaban J connectivity index is 2.11. The summed E-state index contributed by atoms with van der Waals surface area (Å²) < 4.78 is 0. The third kappa shape index (κ3) is 4.32. The molecule has 1 aromatic rings.